The van der Waals surface area contributed by atoms with Crippen LogP contribution in [0, 0.1) is 0 Å². The van der Waals surface area contributed by atoms with E-state index < -0.39 is 10.4 Å². The summed E-state index contributed by atoms with van der Waals surface area (Å²) < 4.78 is 4.59. The largest absolute Gasteiger partial charge is 0.422 e. The Kier molecular flexibility index (Phi) is 7.27. The Balaban J connectivity index is 4.09. The lowest BCUT2D eigenvalue weighted by Crippen LogP contribution is -2.28. The maximum atomic E-state index is 10.7. The number of hydrogen-bond donors (Lipinski definition) is 1. The van der Waals surface area contributed by atoms with Gasteiger partial charge in [-0.05, 0) is 31.3 Å². The molecule has 0 heterocycles. The summed E-state index contributed by atoms with van der Waals surface area (Å²) in [6.45, 7) is 6.10. The summed E-state index contributed by atoms with van der Waals surface area (Å²) in [6, 6.07) is 0. The molecule has 5 heteroatoms. The fraction of sp³-hybridized carbons (Fsp3) is 0.889. The van der Waals surface area contributed by atoms with E-state index in [4.69, 9.17) is 10.5 Å². The van der Waals surface area contributed by atoms with Crippen molar-refractivity contribution in [2.24, 2.45) is 5.73 Å². The minimum absolute atomic E-state index is 0.516. The van der Waals surface area contributed by atoms with Crippen LogP contribution in [0.2, 0.25) is 0 Å². The Morgan fingerprint density at radius 3 is 2.00 bits per heavy atom. The maximum Gasteiger partial charge on any atom is 0.406 e. The average molecular weight is 237 g/mol. The maximum absolute atomic E-state index is 10.7. The van der Waals surface area contributed by atoms with E-state index in [1.54, 1.807) is 23.5 Å². The summed E-state index contributed by atoms with van der Waals surface area (Å²) >= 11 is 3.26. The number of rotatable bonds is 7. The van der Waals surface area contributed by atoms with Gasteiger partial charge in [0.1, 0.15) is 0 Å². The molecule has 2 N–H and O–H groups in total. The van der Waals surface area contributed by atoms with Crippen LogP contribution in [0.4, 0.5) is 4.79 Å². The fourth-order valence-electron chi connectivity index (χ4n) is 0.858. The molecule has 84 valence electrons. The molecule has 0 saturated carbocycles. The monoisotopic (exact) mass is 237 g/mol. The lowest BCUT2D eigenvalue weighted by Gasteiger charge is -2.27. The van der Waals surface area contributed by atoms with E-state index in [0.29, 0.717) is 0 Å². The number of thioether (sulfide) groups is 2. The third-order valence-corrected chi connectivity index (χ3v) is 4.57. The van der Waals surface area contributed by atoms with Gasteiger partial charge in [0.15, 0.2) is 0 Å². The van der Waals surface area contributed by atoms with Gasteiger partial charge in [-0.3, -0.25) is 0 Å². The second-order valence-electron chi connectivity index (χ2n) is 2.98. The number of primary amides is 1. The molecule has 0 unspecified atom stereocenters. The summed E-state index contributed by atoms with van der Waals surface area (Å²) in [7, 11) is 0. The lowest BCUT2D eigenvalue weighted by atomic mass is 10.6. The van der Waals surface area contributed by atoms with Crippen molar-refractivity contribution < 1.29 is 9.53 Å². The van der Waals surface area contributed by atoms with Gasteiger partial charge in [-0.25, -0.2) is 4.79 Å². The van der Waals surface area contributed by atoms with Crippen LogP contribution in [0.1, 0.15) is 33.6 Å². The van der Waals surface area contributed by atoms with Crippen LogP contribution in [0.15, 0.2) is 0 Å². The Bertz CT molecular complexity index is 168. The first-order valence-corrected chi connectivity index (χ1v) is 6.77. The number of hydrogen-bond acceptors (Lipinski definition) is 4. The van der Waals surface area contributed by atoms with E-state index in [2.05, 4.69) is 13.8 Å². The minimum atomic E-state index is -0.695. The Morgan fingerprint density at radius 2 is 1.71 bits per heavy atom. The number of carbonyl (C=O) groups excluding carboxylic acids is 1. The molecule has 0 spiro atoms. The molecule has 0 radical (unpaired) electrons. The topological polar surface area (TPSA) is 52.3 Å². The highest BCUT2D eigenvalue weighted by Crippen LogP contribution is 2.38. The predicted molar refractivity (Wildman–Crippen MR) is 64.6 cm³/mol. The van der Waals surface area contributed by atoms with Crippen molar-refractivity contribution in [1.82, 2.24) is 0 Å². The van der Waals surface area contributed by atoms with Gasteiger partial charge in [-0.1, -0.05) is 13.8 Å². The average Bonchev–Trinajstić information content (AvgIpc) is 2.11. The first kappa shape index (κ1) is 14.0. The zero-order chi connectivity index (χ0) is 11.0. The molecule has 0 rings (SSSR count). The van der Waals surface area contributed by atoms with E-state index in [9.17, 15) is 4.79 Å². The predicted octanol–water partition coefficient (Wildman–Crippen LogP) is 3.04. The molecule has 0 saturated heterocycles. The molecule has 1 amide bonds. The first-order valence-electron chi connectivity index (χ1n) is 4.80. The van der Waals surface area contributed by atoms with E-state index >= 15 is 0 Å². The fourth-order valence-corrected chi connectivity index (χ4v) is 3.12. The van der Waals surface area contributed by atoms with Crippen LogP contribution in [0.25, 0.3) is 0 Å². The van der Waals surface area contributed by atoms with Gasteiger partial charge >= 0.3 is 6.09 Å². The summed E-state index contributed by atoms with van der Waals surface area (Å²) in [5.74, 6) is 1.95. The second-order valence-corrected chi connectivity index (χ2v) is 6.19. The van der Waals surface area contributed by atoms with Crippen molar-refractivity contribution in [3.05, 3.63) is 0 Å². The van der Waals surface area contributed by atoms with Crippen molar-refractivity contribution in [3.63, 3.8) is 0 Å². The van der Waals surface area contributed by atoms with E-state index in [-0.39, 0.29) is 0 Å². The highest BCUT2D eigenvalue weighted by atomic mass is 32.2. The molecule has 3 nitrogen and oxygen atoms in total. The summed E-state index contributed by atoms with van der Waals surface area (Å²) in [5, 5.41) is 0. The molecular formula is C9H19NO2S2. The van der Waals surface area contributed by atoms with Gasteiger partial charge in [0.2, 0.25) is 4.27 Å². The molecule has 0 aliphatic rings. The zero-order valence-electron chi connectivity index (χ0n) is 9.04. The Hall–Kier alpha value is -0.0300. The SMILES string of the molecule is CCCSC(C)(OC(N)=O)SCCC. The van der Waals surface area contributed by atoms with Gasteiger partial charge in [0, 0.05) is 0 Å². The highest BCUT2D eigenvalue weighted by molar-refractivity contribution is 8.17. The van der Waals surface area contributed by atoms with Crippen molar-refractivity contribution in [3.8, 4) is 0 Å². The first-order chi connectivity index (χ1) is 6.54. The van der Waals surface area contributed by atoms with Crippen molar-refractivity contribution >= 4 is 29.6 Å². The third kappa shape index (κ3) is 6.43. The van der Waals surface area contributed by atoms with E-state index in [1.807, 2.05) is 6.92 Å². The third-order valence-electron chi connectivity index (χ3n) is 1.42. The number of ether oxygens (including phenoxy) is 1. The minimum Gasteiger partial charge on any atom is -0.422 e. The van der Waals surface area contributed by atoms with Crippen LogP contribution < -0.4 is 5.73 Å². The Morgan fingerprint density at radius 1 is 1.29 bits per heavy atom. The molecule has 0 atom stereocenters. The van der Waals surface area contributed by atoms with Crippen molar-refractivity contribution in [2.75, 3.05) is 11.5 Å². The van der Waals surface area contributed by atoms with Crippen LogP contribution in [0.5, 0.6) is 0 Å². The molecule has 0 aromatic rings. The summed E-state index contributed by atoms with van der Waals surface area (Å²) in [5.41, 5.74) is 5.03. The van der Waals surface area contributed by atoms with Gasteiger partial charge in [-0.15, -0.1) is 23.5 Å². The van der Waals surface area contributed by atoms with Gasteiger partial charge in [0.25, 0.3) is 0 Å². The van der Waals surface area contributed by atoms with Gasteiger partial charge in [0.05, 0.1) is 0 Å². The highest BCUT2D eigenvalue weighted by Gasteiger charge is 2.28. The van der Waals surface area contributed by atoms with Gasteiger partial charge < -0.3 is 10.5 Å². The van der Waals surface area contributed by atoms with Crippen molar-refractivity contribution in [1.29, 1.82) is 0 Å². The summed E-state index contributed by atoms with van der Waals surface area (Å²) in [4.78, 5) is 10.7. The second kappa shape index (κ2) is 7.29. The Labute approximate surface area is 94.5 Å². The number of nitrogens with two attached hydrogens (primary N) is 1. The molecule has 0 bridgehead atoms. The smallest absolute Gasteiger partial charge is 0.406 e. The normalized spacial score (nSPS) is 11.4. The molecule has 0 fully saturated rings. The molecule has 0 aromatic heterocycles. The molecule has 0 aromatic carbocycles. The quantitative estimate of drug-likeness (QED) is 0.691. The molecular weight excluding hydrogens is 218 g/mol. The van der Waals surface area contributed by atoms with Crippen LogP contribution in [-0.2, 0) is 4.74 Å². The van der Waals surface area contributed by atoms with Crippen molar-refractivity contribution in [2.45, 2.75) is 37.9 Å². The molecule has 0 aliphatic heterocycles. The number of amides is 1. The van der Waals surface area contributed by atoms with E-state index in [1.165, 1.54) is 0 Å². The number of carbonyl (C=O) groups is 1. The standard InChI is InChI=1S/C9H19NO2S2/c1-4-6-13-9(3,12-8(10)11)14-7-5-2/h4-7H2,1-3H3,(H2,10,11). The van der Waals surface area contributed by atoms with Crippen LogP contribution >= 0.6 is 23.5 Å². The lowest BCUT2D eigenvalue weighted by molar-refractivity contribution is 0.139. The zero-order valence-corrected chi connectivity index (χ0v) is 10.7. The van der Waals surface area contributed by atoms with Crippen LogP contribution in [0.3, 0.4) is 0 Å². The van der Waals surface area contributed by atoms with E-state index in [0.717, 1.165) is 24.3 Å². The molecule has 0 aliphatic carbocycles. The summed E-state index contributed by atoms with van der Waals surface area (Å²) in [6.07, 6.45) is 1.43. The van der Waals surface area contributed by atoms with Crippen LogP contribution in [-0.4, -0.2) is 21.9 Å². The molecule has 14 heavy (non-hydrogen) atoms. The van der Waals surface area contributed by atoms with Gasteiger partial charge in [-0.2, -0.15) is 0 Å².